The van der Waals surface area contributed by atoms with Crippen LogP contribution < -0.4 is 4.74 Å². The van der Waals surface area contributed by atoms with Gasteiger partial charge in [0, 0.05) is 7.05 Å². The minimum atomic E-state index is -0.333. The number of nitriles is 1. The lowest BCUT2D eigenvalue weighted by Gasteiger charge is -2.06. The maximum atomic E-state index is 13.0. The molecule has 26 heavy (non-hydrogen) atoms. The molecule has 1 aliphatic rings. The Bertz CT molecular complexity index is 915. The average molecular weight is 367 g/mol. The SMILES string of the molecule is CN1C(=O)/C(=C\c2ccc(OCC#N)cc2)SC1=Nc1ccc(F)cc1. The van der Waals surface area contributed by atoms with Crippen molar-refractivity contribution in [3.8, 4) is 11.8 Å². The highest BCUT2D eigenvalue weighted by molar-refractivity contribution is 8.18. The first-order chi connectivity index (χ1) is 12.6. The van der Waals surface area contributed by atoms with Crippen LogP contribution in [0.2, 0.25) is 0 Å². The predicted octanol–water partition coefficient (Wildman–Crippen LogP) is 3.96. The highest BCUT2D eigenvalue weighted by Crippen LogP contribution is 2.33. The molecule has 0 saturated carbocycles. The number of carbonyl (C=O) groups excluding carboxylic acids is 1. The first-order valence-electron chi connectivity index (χ1n) is 7.68. The molecule has 0 N–H and O–H groups in total. The molecule has 5 nitrogen and oxygen atoms in total. The summed E-state index contributed by atoms with van der Waals surface area (Å²) in [5.74, 6) is 0.107. The monoisotopic (exact) mass is 367 g/mol. The van der Waals surface area contributed by atoms with Crippen molar-refractivity contribution in [1.29, 1.82) is 5.26 Å². The Balaban J connectivity index is 1.78. The lowest BCUT2D eigenvalue weighted by atomic mass is 10.2. The molecule has 1 heterocycles. The highest BCUT2D eigenvalue weighted by atomic mass is 32.2. The minimum absolute atomic E-state index is 0.0111. The molecule has 1 saturated heterocycles. The fraction of sp³-hybridized carbons (Fsp3) is 0.105. The molecule has 0 bridgehead atoms. The van der Waals surface area contributed by atoms with E-state index in [0.717, 1.165) is 5.56 Å². The predicted molar refractivity (Wildman–Crippen MR) is 99.4 cm³/mol. The van der Waals surface area contributed by atoms with E-state index < -0.39 is 0 Å². The number of halogens is 1. The number of benzene rings is 2. The quantitative estimate of drug-likeness (QED) is 0.767. The van der Waals surface area contributed by atoms with E-state index in [1.807, 2.05) is 18.2 Å². The molecule has 0 unspecified atom stereocenters. The standard InChI is InChI=1S/C19H14FN3O2S/c1-23-18(24)17(12-13-2-8-16(9-3-13)25-11-10-21)26-19(23)22-15-6-4-14(20)5-7-15/h2-9,12H,11H2,1H3/b17-12+,22-19?. The molecule has 0 aliphatic carbocycles. The number of hydrogen-bond donors (Lipinski definition) is 0. The Kier molecular flexibility index (Phi) is 5.34. The molecular weight excluding hydrogens is 353 g/mol. The number of nitrogens with zero attached hydrogens (tertiary/aromatic N) is 3. The molecule has 0 radical (unpaired) electrons. The molecule has 3 rings (SSSR count). The van der Waals surface area contributed by atoms with Crippen LogP contribution in [-0.2, 0) is 4.79 Å². The van der Waals surface area contributed by atoms with Crippen LogP contribution in [-0.4, -0.2) is 29.6 Å². The second-order valence-corrected chi connectivity index (χ2v) is 6.37. The topological polar surface area (TPSA) is 65.7 Å². The molecule has 1 aliphatic heterocycles. The van der Waals surface area contributed by atoms with Crippen LogP contribution in [0.15, 0.2) is 58.4 Å². The molecule has 1 amide bonds. The van der Waals surface area contributed by atoms with E-state index in [4.69, 9.17) is 10.00 Å². The number of carbonyl (C=O) groups is 1. The summed E-state index contributed by atoms with van der Waals surface area (Å²) in [5.41, 5.74) is 1.41. The van der Waals surface area contributed by atoms with Crippen molar-refractivity contribution >= 4 is 34.6 Å². The fourth-order valence-corrected chi connectivity index (χ4v) is 3.19. The zero-order valence-corrected chi connectivity index (χ0v) is 14.7. The van der Waals surface area contributed by atoms with Crippen molar-refractivity contribution in [3.63, 3.8) is 0 Å². The summed E-state index contributed by atoms with van der Waals surface area (Å²) in [7, 11) is 1.65. The van der Waals surface area contributed by atoms with Gasteiger partial charge in [0.05, 0.1) is 10.6 Å². The van der Waals surface area contributed by atoms with Gasteiger partial charge in [-0.1, -0.05) is 12.1 Å². The number of hydrogen-bond acceptors (Lipinski definition) is 5. The van der Waals surface area contributed by atoms with Gasteiger partial charge in [-0.2, -0.15) is 5.26 Å². The Hall–Kier alpha value is -3.11. The third-order valence-corrected chi connectivity index (χ3v) is 4.60. The number of amides is 1. The summed E-state index contributed by atoms with van der Waals surface area (Å²) in [6.45, 7) is -0.0111. The number of rotatable bonds is 4. The van der Waals surface area contributed by atoms with Gasteiger partial charge in [0.2, 0.25) is 0 Å². The van der Waals surface area contributed by atoms with Crippen LogP contribution >= 0.6 is 11.8 Å². The van der Waals surface area contributed by atoms with Crippen LogP contribution in [0, 0.1) is 17.1 Å². The van der Waals surface area contributed by atoms with Crippen LogP contribution in [0.1, 0.15) is 5.56 Å². The Labute approximate surface area is 154 Å². The van der Waals surface area contributed by atoms with Crippen LogP contribution in [0.3, 0.4) is 0 Å². The van der Waals surface area contributed by atoms with Gasteiger partial charge in [-0.3, -0.25) is 9.69 Å². The lowest BCUT2D eigenvalue weighted by molar-refractivity contribution is -0.121. The largest absolute Gasteiger partial charge is 0.479 e. The molecule has 1 fully saturated rings. The third kappa shape index (κ3) is 4.10. The van der Waals surface area contributed by atoms with Crippen molar-refractivity contribution in [2.24, 2.45) is 4.99 Å². The summed E-state index contributed by atoms with van der Waals surface area (Å²) < 4.78 is 18.2. The zero-order chi connectivity index (χ0) is 18.5. The fourth-order valence-electron chi connectivity index (χ4n) is 2.20. The Morgan fingerprint density at radius 1 is 1.23 bits per heavy atom. The molecular formula is C19H14FN3O2S. The minimum Gasteiger partial charge on any atom is -0.479 e. The van der Waals surface area contributed by atoms with E-state index in [9.17, 15) is 9.18 Å². The van der Waals surface area contributed by atoms with E-state index in [2.05, 4.69) is 4.99 Å². The summed E-state index contributed by atoms with van der Waals surface area (Å²) >= 11 is 1.26. The van der Waals surface area contributed by atoms with Crippen molar-refractivity contribution < 1.29 is 13.9 Å². The average Bonchev–Trinajstić information content (AvgIpc) is 2.91. The number of amidine groups is 1. The number of likely N-dealkylation sites (N-methyl/N-ethyl adjacent to an activating group) is 1. The Morgan fingerprint density at radius 3 is 2.58 bits per heavy atom. The molecule has 0 aromatic heterocycles. The van der Waals surface area contributed by atoms with E-state index in [1.165, 1.54) is 28.8 Å². The third-order valence-electron chi connectivity index (χ3n) is 3.54. The van der Waals surface area contributed by atoms with Gasteiger partial charge in [-0.15, -0.1) is 0 Å². The zero-order valence-electron chi connectivity index (χ0n) is 13.8. The smallest absolute Gasteiger partial charge is 0.266 e. The van der Waals surface area contributed by atoms with Gasteiger partial charge in [0.1, 0.15) is 17.6 Å². The van der Waals surface area contributed by atoms with Gasteiger partial charge in [-0.25, -0.2) is 9.38 Å². The van der Waals surface area contributed by atoms with Crippen molar-refractivity contribution in [2.45, 2.75) is 0 Å². The normalized spacial score (nSPS) is 17.0. The van der Waals surface area contributed by atoms with Gasteiger partial charge in [-0.05, 0) is 59.8 Å². The van der Waals surface area contributed by atoms with E-state index >= 15 is 0 Å². The molecule has 7 heteroatoms. The molecule has 2 aromatic rings. The van der Waals surface area contributed by atoms with Crippen molar-refractivity contribution in [1.82, 2.24) is 4.90 Å². The molecule has 0 spiro atoms. The summed E-state index contributed by atoms with van der Waals surface area (Å²) in [6.07, 6.45) is 1.77. The lowest BCUT2D eigenvalue weighted by Crippen LogP contribution is -2.23. The van der Waals surface area contributed by atoms with E-state index in [-0.39, 0.29) is 18.3 Å². The second-order valence-electron chi connectivity index (χ2n) is 5.36. The molecule has 2 aromatic carbocycles. The van der Waals surface area contributed by atoms with E-state index in [1.54, 1.807) is 37.4 Å². The molecule has 130 valence electrons. The van der Waals surface area contributed by atoms with Crippen LogP contribution in [0.4, 0.5) is 10.1 Å². The second kappa shape index (κ2) is 7.85. The van der Waals surface area contributed by atoms with Crippen LogP contribution in [0.5, 0.6) is 5.75 Å². The van der Waals surface area contributed by atoms with Gasteiger partial charge in [0.25, 0.3) is 5.91 Å². The maximum Gasteiger partial charge on any atom is 0.266 e. The number of ether oxygens (including phenoxy) is 1. The van der Waals surface area contributed by atoms with E-state index in [0.29, 0.717) is 21.5 Å². The maximum absolute atomic E-state index is 13.0. The number of thioether (sulfide) groups is 1. The molecule has 0 atom stereocenters. The first kappa shape index (κ1) is 17.7. The van der Waals surface area contributed by atoms with Crippen molar-refractivity contribution in [3.05, 3.63) is 64.8 Å². The van der Waals surface area contributed by atoms with Gasteiger partial charge in [0.15, 0.2) is 11.8 Å². The van der Waals surface area contributed by atoms with Gasteiger partial charge >= 0.3 is 0 Å². The summed E-state index contributed by atoms with van der Waals surface area (Å²) in [6, 6.07) is 14.8. The van der Waals surface area contributed by atoms with Crippen molar-refractivity contribution in [2.75, 3.05) is 13.7 Å². The Morgan fingerprint density at radius 2 is 1.92 bits per heavy atom. The summed E-state index contributed by atoms with van der Waals surface area (Å²) in [5, 5.41) is 9.04. The van der Waals surface area contributed by atoms with Gasteiger partial charge < -0.3 is 4.74 Å². The first-order valence-corrected chi connectivity index (χ1v) is 8.50. The highest BCUT2D eigenvalue weighted by Gasteiger charge is 2.30. The van der Waals surface area contributed by atoms with Crippen LogP contribution in [0.25, 0.3) is 6.08 Å². The number of aliphatic imine (C=N–C) groups is 1. The summed E-state index contributed by atoms with van der Waals surface area (Å²) in [4.78, 5) is 18.8.